The Hall–Kier alpha value is -0.730. The van der Waals surface area contributed by atoms with E-state index in [2.05, 4.69) is 5.32 Å². The number of carbonyl (C=O) groups is 1. The predicted molar refractivity (Wildman–Crippen MR) is 77.2 cm³/mol. The molecule has 1 rings (SSSR count). The zero-order valence-corrected chi connectivity index (χ0v) is 12.1. The summed E-state index contributed by atoms with van der Waals surface area (Å²) in [4.78, 5) is 11.8. The molecule has 0 aliphatic carbocycles. The lowest BCUT2D eigenvalue weighted by atomic mass is 10.0. The van der Waals surface area contributed by atoms with Gasteiger partial charge in [-0.2, -0.15) is 0 Å². The molecular formula is C14H19Cl2NO. The number of amides is 1. The number of rotatable bonds is 7. The fourth-order valence-electron chi connectivity index (χ4n) is 1.79. The van der Waals surface area contributed by atoms with Crippen LogP contribution in [0.4, 0.5) is 0 Å². The molecule has 0 aromatic heterocycles. The van der Waals surface area contributed by atoms with Gasteiger partial charge in [0.15, 0.2) is 0 Å². The van der Waals surface area contributed by atoms with Crippen molar-refractivity contribution < 1.29 is 4.79 Å². The second kappa shape index (κ2) is 8.39. The van der Waals surface area contributed by atoms with Gasteiger partial charge in [-0.1, -0.05) is 30.7 Å². The van der Waals surface area contributed by atoms with Gasteiger partial charge < -0.3 is 5.32 Å². The number of alkyl halides is 1. The summed E-state index contributed by atoms with van der Waals surface area (Å²) in [7, 11) is 0. The van der Waals surface area contributed by atoms with Crippen molar-refractivity contribution in [1.82, 2.24) is 5.32 Å². The molecule has 1 aromatic carbocycles. The minimum absolute atomic E-state index is 0.0344. The van der Waals surface area contributed by atoms with Crippen molar-refractivity contribution in [3.05, 3.63) is 34.9 Å². The summed E-state index contributed by atoms with van der Waals surface area (Å²) in [5, 5.41) is 3.73. The lowest BCUT2D eigenvalue weighted by Gasteiger charge is -2.17. The van der Waals surface area contributed by atoms with Gasteiger partial charge in [0, 0.05) is 17.3 Å². The number of nitrogens with one attached hydrogen (secondary N) is 1. The Bertz CT molecular complexity index is 382. The Kier molecular flexibility index (Phi) is 7.14. The number of halogens is 2. The molecule has 0 saturated heterocycles. The van der Waals surface area contributed by atoms with Gasteiger partial charge in [-0.15, -0.1) is 11.6 Å². The van der Waals surface area contributed by atoms with E-state index in [1.54, 1.807) is 0 Å². The number of hydrogen-bond acceptors (Lipinski definition) is 1. The van der Waals surface area contributed by atoms with Gasteiger partial charge in [0.25, 0.3) is 0 Å². The van der Waals surface area contributed by atoms with Crippen LogP contribution in [-0.4, -0.2) is 11.8 Å². The first-order valence-corrected chi connectivity index (χ1v) is 7.19. The van der Waals surface area contributed by atoms with E-state index < -0.39 is 0 Å². The molecule has 0 saturated carbocycles. The van der Waals surface area contributed by atoms with E-state index in [9.17, 15) is 4.79 Å². The fourth-order valence-corrected chi connectivity index (χ4v) is 2.18. The van der Waals surface area contributed by atoms with Crippen LogP contribution in [0.1, 0.15) is 44.2 Å². The lowest BCUT2D eigenvalue weighted by molar-refractivity contribution is -0.122. The highest BCUT2D eigenvalue weighted by Gasteiger charge is 2.12. The van der Waals surface area contributed by atoms with Gasteiger partial charge in [0.2, 0.25) is 5.91 Å². The predicted octanol–water partition coefficient (Wildman–Crippen LogP) is 4.32. The average Bonchev–Trinajstić information content (AvgIpc) is 2.36. The number of unbranched alkanes of at least 4 members (excludes halogenated alkanes) is 1. The normalized spacial score (nSPS) is 12.2. The van der Waals surface area contributed by atoms with Gasteiger partial charge in [-0.05, 0) is 37.0 Å². The highest BCUT2D eigenvalue weighted by atomic mass is 35.5. The van der Waals surface area contributed by atoms with Crippen LogP contribution in [0.5, 0.6) is 0 Å². The van der Waals surface area contributed by atoms with Gasteiger partial charge in [-0.3, -0.25) is 4.79 Å². The lowest BCUT2D eigenvalue weighted by Crippen LogP contribution is -2.27. The van der Waals surface area contributed by atoms with Crippen LogP contribution in [0.15, 0.2) is 24.3 Å². The summed E-state index contributed by atoms with van der Waals surface area (Å²) < 4.78 is 0. The van der Waals surface area contributed by atoms with Crippen molar-refractivity contribution in [3.8, 4) is 0 Å². The quantitative estimate of drug-likeness (QED) is 0.587. The van der Waals surface area contributed by atoms with Crippen LogP contribution < -0.4 is 5.32 Å². The van der Waals surface area contributed by atoms with E-state index in [1.165, 1.54) is 0 Å². The summed E-state index contributed by atoms with van der Waals surface area (Å²) in [6, 6.07) is 7.65. The standard InChI is InChI=1S/C14H19Cl2NO/c1-2-13(11-6-5-7-12(16)10-11)17-14(18)8-3-4-9-15/h5-7,10,13H,2-4,8-9H2,1H3,(H,17,18). The van der Waals surface area contributed by atoms with Crippen molar-refractivity contribution in [2.45, 2.75) is 38.6 Å². The van der Waals surface area contributed by atoms with Crippen LogP contribution in [0.2, 0.25) is 5.02 Å². The molecule has 2 nitrogen and oxygen atoms in total. The van der Waals surface area contributed by atoms with Crippen molar-refractivity contribution in [1.29, 1.82) is 0 Å². The molecule has 0 spiro atoms. The summed E-state index contributed by atoms with van der Waals surface area (Å²) in [6.07, 6.45) is 3.09. The van der Waals surface area contributed by atoms with E-state index in [0.29, 0.717) is 17.3 Å². The zero-order chi connectivity index (χ0) is 13.4. The molecule has 1 aromatic rings. The van der Waals surface area contributed by atoms with E-state index in [4.69, 9.17) is 23.2 Å². The molecule has 0 aliphatic heterocycles. The molecule has 4 heteroatoms. The highest BCUT2D eigenvalue weighted by molar-refractivity contribution is 6.30. The molecule has 100 valence electrons. The van der Waals surface area contributed by atoms with Crippen molar-refractivity contribution in [2.24, 2.45) is 0 Å². The Labute approximate surface area is 119 Å². The molecule has 1 atom stereocenters. The first-order valence-electron chi connectivity index (χ1n) is 6.28. The largest absolute Gasteiger partial charge is 0.349 e. The molecule has 0 bridgehead atoms. The van der Waals surface area contributed by atoms with Crippen molar-refractivity contribution in [2.75, 3.05) is 5.88 Å². The van der Waals surface area contributed by atoms with Gasteiger partial charge in [0.1, 0.15) is 0 Å². The van der Waals surface area contributed by atoms with E-state index in [1.807, 2.05) is 31.2 Å². The molecular weight excluding hydrogens is 269 g/mol. The van der Waals surface area contributed by atoms with Gasteiger partial charge in [0.05, 0.1) is 6.04 Å². The second-order valence-electron chi connectivity index (χ2n) is 4.23. The topological polar surface area (TPSA) is 29.1 Å². The van der Waals surface area contributed by atoms with Crippen molar-refractivity contribution >= 4 is 29.1 Å². The Balaban J connectivity index is 2.54. The Morgan fingerprint density at radius 3 is 2.78 bits per heavy atom. The highest BCUT2D eigenvalue weighted by Crippen LogP contribution is 2.20. The van der Waals surface area contributed by atoms with Crippen LogP contribution >= 0.6 is 23.2 Å². The van der Waals surface area contributed by atoms with E-state index >= 15 is 0 Å². The molecule has 1 unspecified atom stereocenters. The van der Waals surface area contributed by atoms with E-state index in [0.717, 1.165) is 24.8 Å². The number of benzene rings is 1. The van der Waals surface area contributed by atoms with Crippen LogP contribution in [0, 0.1) is 0 Å². The summed E-state index contributed by atoms with van der Waals surface area (Å²) in [5.41, 5.74) is 1.05. The Morgan fingerprint density at radius 2 is 2.17 bits per heavy atom. The maximum atomic E-state index is 11.8. The Morgan fingerprint density at radius 1 is 1.39 bits per heavy atom. The first kappa shape index (κ1) is 15.3. The average molecular weight is 288 g/mol. The third kappa shape index (κ3) is 5.28. The third-order valence-electron chi connectivity index (χ3n) is 2.78. The second-order valence-corrected chi connectivity index (χ2v) is 5.04. The monoisotopic (exact) mass is 287 g/mol. The van der Waals surface area contributed by atoms with Gasteiger partial charge >= 0.3 is 0 Å². The van der Waals surface area contributed by atoms with Crippen LogP contribution in [-0.2, 0) is 4.79 Å². The summed E-state index contributed by atoms with van der Waals surface area (Å²) in [6.45, 7) is 2.05. The SMILES string of the molecule is CCC(NC(=O)CCCCCl)c1cccc(Cl)c1. The van der Waals surface area contributed by atoms with Crippen LogP contribution in [0.25, 0.3) is 0 Å². The molecule has 1 amide bonds. The minimum Gasteiger partial charge on any atom is -0.349 e. The van der Waals surface area contributed by atoms with E-state index in [-0.39, 0.29) is 11.9 Å². The third-order valence-corrected chi connectivity index (χ3v) is 3.28. The molecule has 1 N–H and O–H groups in total. The molecule has 0 radical (unpaired) electrons. The molecule has 0 aliphatic rings. The number of carbonyl (C=O) groups excluding carboxylic acids is 1. The molecule has 18 heavy (non-hydrogen) atoms. The zero-order valence-electron chi connectivity index (χ0n) is 10.6. The molecule has 0 heterocycles. The molecule has 0 fully saturated rings. The van der Waals surface area contributed by atoms with Gasteiger partial charge in [-0.25, -0.2) is 0 Å². The van der Waals surface area contributed by atoms with Crippen molar-refractivity contribution in [3.63, 3.8) is 0 Å². The van der Waals surface area contributed by atoms with Crippen LogP contribution in [0.3, 0.4) is 0 Å². The minimum atomic E-state index is 0.0344. The first-order chi connectivity index (χ1) is 8.67. The summed E-state index contributed by atoms with van der Waals surface area (Å²) >= 11 is 11.5. The summed E-state index contributed by atoms with van der Waals surface area (Å²) in [5.74, 6) is 0.686. The maximum Gasteiger partial charge on any atom is 0.220 e. The maximum absolute atomic E-state index is 11.8. The smallest absolute Gasteiger partial charge is 0.220 e. The number of hydrogen-bond donors (Lipinski definition) is 1. The fraction of sp³-hybridized carbons (Fsp3) is 0.500.